The predicted molar refractivity (Wildman–Crippen MR) is 90.6 cm³/mol. The molecule has 1 heterocycles. The number of ether oxygens (including phenoxy) is 1. The molecule has 2 rings (SSSR count). The molecule has 0 unspecified atom stereocenters. The first-order chi connectivity index (χ1) is 10.3. The van der Waals surface area contributed by atoms with E-state index in [4.69, 9.17) is 27.9 Å². The van der Waals surface area contributed by atoms with Crippen LogP contribution in [0.1, 0.15) is 26.3 Å². The number of rotatable bonds is 4. The van der Waals surface area contributed by atoms with Crippen LogP contribution in [0.25, 0.3) is 6.08 Å². The molecule has 7 heteroatoms. The normalized spacial score (nSPS) is 17.0. The van der Waals surface area contributed by atoms with Gasteiger partial charge >= 0.3 is 0 Å². The molecule has 0 atom stereocenters. The van der Waals surface area contributed by atoms with Crippen molar-refractivity contribution in [2.45, 2.75) is 26.8 Å². The molecule has 1 aliphatic heterocycles. The molecule has 0 bridgehead atoms. The summed E-state index contributed by atoms with van der Waals surface area (Å²) in [7, 11) is 0. The molecule has 0 radical (unpaired) electrons. The smallest absolute Gasteiger partial charge is 0.293 e. The zero-order valence-corrected chi connectivity index (χ0v) is 14.7. The first-order valence-electron chi connectivity index (χ1n) is 6.74. The number of carbonyl (C=O) groups is 2. The lowest BCUT2D eigenvalue weighted by Gasteiger charge is -2.16. The zero-order valence-electron chi connectivity index (χ0n) is 12.4. The van der Waals surface area contributed by atoms with Gasteiger partial charge in [-0.1, -0.05) is 23.2 Å². The molecular weight excluding hydrogens is 345 g/mol. The lowest BCUT2D eigenvalue weighted by Crippen LogP contribution is -2.34. The van der Waals surface area contributed by atoms with Gasteiger partial charge in [-0.2, -0.15) is 0 Å². The fourth-order valence-corrected chi connectivity index (χ4v) is 3.60. The number of halogens is 2. The number of hydrogen-bond donors (Lipinski definition) is 0. The van der Waals surface area contributed by atoms with Crippen LogP contribution in [0.4, 0.5) is 4.79 Å². The Balaban J connectivity index is 2.35. The summed E-state index contributed by atoms with van der Waals surface area (Å²) in [6.45, 7) is 5.88. The van der Waals surface area contributed by atoms with Crippen molar-refractivity contribution in [3.05, 3.63) is 32.6 Å². The fraction of sp³-hybridized carbons (Fsp3) is 0.333. The Morgan fingerprint density at radius 1 is 1.27 bits per heavy atom. The van der Waals surface area contributed by atoms with Gasteiger partial charge in [0.1, 0.15) is 0 Å². The second kappa shape index (κ2) is 6.94. The third-order valence-electron chi connectivity index (χ3n) is 2.95. The molecular formula is C15H15Cl2NO3S. The summed E-state index contributed by atoms with van der Waals surface area (Å²) < 4.78 is 5.36. The molecule has 0 spiro atoms. The van der Waals surface area contributed by atoms with E-state index in [0.29, 0.717) is 32.9 Å². The third kappa shape index (κ3) is 3.42. The van der Waals surface area contributed by atoms with Crippen molar-refractivity contribution in [1.29, 1.82) is 0 Å². The molecule has 4 nitrogen and oxygen atoms in total. The number of thioether (sulfide) groups is 1. The highest BCUT2D eigenvalue weighted by molar-refractivity contribution is 8.18. The Labute approximate surface area is 143 Å². The summed E-state index contributed by atoms with van der Waals surface area (Å²) in [5, 5.41) is 0.460. The summed E-state index contributed by atoms with van der Waals surface area (Å²) in [5.41, 5.74) is 0.646. The second-order valence-electron chi connectivity index (χ2n) is 4.89. The first-order valence-corrected chi connectivity index (χ1v) is 8.31. The maximum atomic E-state index is 12.2. The van der Waals surface area contributed by atoms with E-state index in [-0.39, 0.29) is 17.2 Å². The highest BCUT2D eigenvalue weighted by Gasteiger charge is 2.36. The van der Waals surface area contributed by atoms with E-state index >= 15 is 0 Å². The molecule has 1 fully saturated rings. The average molecular weight is 360 g/mol. The van der Waals surface area contributed by atoms with Crippen LogP contribution in [-0.2, 0) is 4.79 Å². The Morgan fingerprint density at radius 3 is 2.32 bits per heavy atom. The van der Waals surface area contributed by atoms with Gasteiger partial charge in [-0.25, -0.2) is 0 Å². The number of imide groups is 1. The van der Waals surface area contributed by atoms with Crippen LogP contribution < -0.4 is 4.74 Å². The Kier molecular flexibility index (Phi) is 5.42. The van der Waals surface area contributed by atoms with Crippen molar-refractivity contribution in [2.24, 2.45) is 0 Å². The van der Waals surface area contributed by atoms with Gasteiger partial charge in [0.2, 0.25) is 0 Å². The lowest BCUT2D eigenvalue weighted by atomic mass is 10.2. The Morgan fingerprint density at radius 2 is 1.86 bits per heavy atom. The molecule has 0 aromatic heterocycles. The van der Waals surface area contributed by atoms with Gasteiger partial charge in [0, 0.05) is 6.04 Å². The van der Waals surface area contributed by atoms with E-state index in [1.165, 1.54) is 4.90 Å². The van der Waals surface area contributed by atoms with Crippen molar-refractivity contribution in [3.63, 3.8) is 0 Å². The largest absolute Gasteiger partial charge is 0.491 e. The van der Waals surface area contributed by atoms with Gasteiger partial charge in [0.15, 0.2) is 5.75 Å². The van der Waals surface area contributed by atoms with E-state index < -0.39 is 0 Å². The molecule has 2 amide bonds. The second-order valence-corrected chi connectivity index (χ2v) is 6.70. The highest BCUT2D eigenvalue weighted by atomic mass is 35.5. The number of benzene rings is 1. The van der Waals surface area contributed by atoms with Gasteiger partial charge in [-0.15, -0.1) is 0 Å². The van der Waals surface area contributed by atoms with Crippen molar-refractivity contribution in [3.8, 4) is 5.75 Å². The molecule has 1 saturated heterocycles. The standard InChI is InChI=1S/C15H15Cl2NO3S/c1-4-21-13-10(16)5-9(6-11(13)17)7-12-14(19)18(8(2)3)15(20)22-12/h5-8H,4H2,1-3H3/b12-7+. The van der Waals surface area contributed by atoms with Gasteiger partial charge in [0.25, 0.3) is 11.1 Å². The number of amides is 2. The molecule has 0 N–H and O–H groups in total. The van der Waals surface area contributed by atoms with Crippen LogP contribution in [0.3, 0.4) is 0 Å². The van der Waals surface area contributed by atoms with Crippen LogP contribution >= 0.6 is 35.0 Å². The predicted octanol–water partition coefficient (Wildman–Crippen LogP) is 4.84. The van der Waals surface area contributed by atoms with E-state index in [0.717, 1.165) is 11.8 Å². The molecule has 1 aliphatic rings. The lowest BCUT2D eigenvalue weighted by molar-refractivity contribution is -0.123. The minimum Gasteiger partial charge on any atom is -0.491 e. The summed E-state index contributed by atoms with van der Waals surface area (Å²) in [6, 6.07) is 3.13. The monoisotopic (exact) mass is 359 g/mol. The van der Waals surface area contributed by atoms with Crippen LogP contribution in [0.5, 0.6) is 5.75 Å². The fourth-order valence-electron chi connectivity index (χ4n) is 2.02. The van der Waals surface area contributed by atoms with Gasteiger partial charge < -0.3 is 4.74 Å². The average Bonchev–Trinajstić information content (AvgIpc) is 2.68. The Bertz CT molecular complexity index is 635. The van der Waals surface area contributed by atoms with Crippen molar-refractivity contribution < 1.29 is 14.3 Å². The summed E-state index contributed by atoms with van der Waals surface area (Å²) in [5.74, 6) is 0.115. The number of hydrogen-bond acceptors (Lipinski definition) is 4. The maximum absolute atomic E-state index is 12.2. The van der Waals surface area contributed by atoms with Crippen LogP contribution in [0.2, 0.25) is 10.0 Å². The van der Waals surface area contributed by atoms with E-state index in [9.17, 15) is 9.59 Å². The quantitative estimate of drug-likeness (QED) is 0.721. The highest BCUT2D eigenvalue weighted by Crippen LogP contribution is 2.37. The van der Waals surface area contributed by atoms with Crippen LogP contribution in [0.15, 0.2) is 17.0 Å². The third-order valence-corrected chi connectivity index (χ3v) is 4.39. The molecule has 1 aromatic rings. The number of carbonyl (C=O) groups excluding carboxylic acids is 2. The number of nitrogens with zero attached hydrogens (tertiary/aromatic N) is 1. The summed E-state index contributed by atoms with van der Waals surface area (Å²) >= 11 is 13.2. The molecule has 22 heavy (non-hydrogen) atoms. The van der Waals surface area contributed by atoms with Gasteiger partial charge in [0.05, 0.1) is 21.6 Å². The van der Waals surface area contributed by atoms with Crippen molar-refractivity contribution in [2.75, 3.05) is 6.61 Å². The molecule has 1 aromatic carbocycles. The maximum Gasteiger partial charge on any atom is 0.293 e. The van der Waals surface area contributed by atoms with E-state index in [2.05, 4.69) is 0 Å². The van der Waals surface area contributed by atoms with Crippen LogP contribution in [0, 0.1) is 0 Å². The molecule has 0 saturated carbocycles. The van der Waals surface area contributed by atoms with Crippen molar-refractivity contribution in [1.82, 2.24) is 4.90 Å². The zero-order chi connectivity index (χ0) is 16.4. The van der Waals surface area contributed by atoms with Crippen LogP contribution in [-0.4, -0.2) is 28.7 Å². The minimum absolute atomic E-state index is 0.175. The SMILES string of the molecule is CCOc1c(Cl)cc(/C=C2/SC(=O)N(C(C)C)C2=O)cc1Cl. The topological polar surface area (TPSA) is 46.6 Å². The molecule has 118 valence electrons. The van der Waals surface area contributed by atoms with E-state index in [1.807, 2.05) is 6.92 Å². The summed E-state index contributed by atoms with van der Waals surface area (Å²) in [4.78, 5) is 25.7. The van der Waals surface area contributed by atoms with Gasteiger partial charge in [-0.05, 0) is 56.3 Å². The minimum atomic E-state index is -0.300. The first kappa shape index (κ1) is 17.2. The van der Waals surface area contributed by atoms with Gasteiger partial charge in [-0.3, -0.25) is 14.5 Å². The van der Waals surface area contributed by atoms with Crippen molar-refractivity contribution >= 4 is 52.2 Å². The van der Waals surface area contributed by atoms with E-state index in [1.54, 1.807) is 32.1 Å². The summed E-state index contributed by atoms with van der Waals surface area (Å²) in [6.07, 6.45) is 1.61. The Hall–Kier alpha value is -1.17. The molecule has 0 aliphatic carbocycles.